The third kappa shape index (κ3) is 4.46. The number of hydrogen-bond acceptors (Lipinski definition) is 8. The molecular formula is C23H22N6O4S. The van der Waals surface area contributed by atoms with Gasteiger partial charge >= 0.3 is 5.97 Å². The predicted molar refractivity (Wildman–Crippen MR) is 123 cm³/mol. The number of oxazole rings is 1. The molecule has 0 bridgehead atoms. The summed E-state index contributed by atoms with van der Waals surface area (Å²) in [6, 6.07) is 7.35. The molecule has 4 heterocycles. The number of nitrogens with zero attached hydrogens (tertiary/aromatic N) is 6. The Labute approximate surface area is 198 Å². The molecule has 1 saturated heterocycles. The quantitative estimate of drug-likeness (QED) is 0.446. The third-order valence-electron chi connectivity index (χ3n) is 5.95. The van der Waals surface area contributed by atoms with Gasteiger partial charge in [-0.25, -0.2) is 19.4 Å². The molecule has 0 atom stereocenters. The molecule has 1 aliphatic heterocycles. The summed E-state index contributed by atoms with van der Waals surface area (Å²) in [7, 11) is 0. The number of benzene rings is 1. The lowest BCUT2D eigenvalue weighted by molar-refractivity contribution is 0.0687. The minimum Gasteiger partial charge on any atom is -0.476 e. The number of carbonyl (C=O) groups is 2. The monoisotopic (exact) mass is 478 g/mol. The summed E-state index contributed by atoms with van der Waals surface area (Å²) in [5.41, 5.74) is 4.80. The number of aromatic nitrogens is 5. The van der Waals surface area contributed by atoms with E-state index in [0.29, 0.717) is 17.2 Å². The average molecular weight is 479 g/mol. The fraction of sp³-hybridized carbons (Fsp3) is 0.304. The lowest BCUT2D eigenvalue weighted by atomic mass is 9.94. The second-order valence-electron chi connectivity index (χ2n) is 8.18. The molecule has 1 aromatic carbocycles. The number of aromatic carboxylic acids is 1. The standard InChI is InChI=1S/C23H22N6O4S/c1-14-21(34-13-24-14)15-5-7-28(8-6-15)22(30)17-4-2-3-16(9-17)18-10-29(27-26-18)11-20-25-19(12-33-20)23(31)32/h2-4,9-10,12-13,15H,5-8,11H2,1H3,(H,31,32). The maximum atomic E-state index is 13.2. The van der Waals surface area contributed by atoms with Gasteiger partial charge < -0.3 is 14.4 Å². The smallest absolute Gasteiger partial charge is 0.357 e. The summed E-state index contributed by atoms with van der Waals surface area (Å²) >= 11 is 1.70. The molecule has 1 aliphatic rings. The molecule has 3 aromatic heterocycles. The predicted octanol–water partition coefficient (Wildman–Crippen LogP) is 3.46. The zero-order valence-corrected chi connectivity index (χ0v) is 19.2. The van der Waals surface area contributed by atoms with Crippen molar-refractivity contribution in [2.24, 2.45) is 0 Å². The largest absolute Gasteiger partial charge is 0.476 e. The highest BCUT2D eigenvalue weighted by Crippen LogP contribution is 2.33. The summed E-state index contributed by atoms with van der Waals surface area (Å²) in [5.74, 6) is -0.462. The van der Waals surface area contributed by atoms with E-state index < -0.39 is 5.97 Å². The number of carboxylic acids is 1. The van der Waals surface area contributed by atoms with Crippen LogP contribution in [0.4, 0.5) is 0 Å². The van der Waals surface area contributed by atoms with Gasteiger partial charge in [0.05, 0.1) is 17.4 Å². The van der Waals surface area contributed by atoms with Crippen molar-refractivity contribution in [1.82, 2.24) is 29.9 Å². The molecule has 11 heteroatoms. The minimum atomic E-state index is -1.15. The van der Waals surface area contributed by atoms with Crippen LogP contribution in [0.25, 0.3) is 11.3 Å². The Morgan fingerprint density at radius 3 is 2.79 bits per heavy atom. The van der Waals surface area contributed by atoms with Crippen molar-refractivity contribution in [3.63, 3.8) is 0 Å². The zero-order valence-electron chi connectivity index (χ0n) is 18.4. The van der Waals surface area contributed by atoms with E-state index in [1.807, 2.05) is 41.6 Å². The Hall–Kier alpha value is -3.86. The first-order valence-corrected chi connectivity index (χ1v) is 11.7. The number of rotatable bonds is 6. The van der Waals surface area contributed by atoms with Gasteiger partial charge in [-0.1, -0.05) is 17.3 Å². The molecule has 0 unspecified atom stereocenters. The second-order valence-corrected chi connectivity index (χ2v) is 9.07. The number of piperidine rings is 1. The molecule has 1 N–H and O–H groups in total. The third-order valence-corrected chi connectivity index (χ3v) is 7.04. The average Bonchev–Trinajstić information content (AvgIpc) is 3.61. The first-order chi connectivity index (χ1) is 16.5. The summed E-state index contributed by atoms with van der Waals surface area (Å²) in [6.07, 6.45) is 4.67. The number of likely N-dealkylation sites (tertiary alicyclic amines) is 1. The van der Waals surface area contributed by atoms with Crippen LogP contribution in [-0.2, 0) is 6.54 Å². The topological polar surface area (TPSA) is 127 Å². The second kappa shape index (κ2) is 9.18. The van der Waals surface area contributed by atoms with E-state index in [4.69, 9.17) is 9.52 Å². The van der Waals surface area contributed by atoms with Gasteiger partial charge in [0.25, 0.3) is 5.91 Å². The van der Waals surface area contributed by atoms with Crippen molar-refractivity contribution in [3.05, 3.63) is 70.0 Å². The van der Waals surface area contributed by atoms with Crippen molar-refractivity contribution in [3.8, 4) is 11.3 Å². The van der Waals surface area contributed by atoms with E-state index in [2.05, 4.69) is 20.3 Å². The minimum absolute atomic E-state index is 0.00899. The van der Waals surface area contributed by atoms with Crippen LogP contribution in [0.3, 0.4) is 0 Å². The molecule has 5 rings (SSSR count). The molecular weight excluding hydrogens is 456 g/mol. The Kier molecular flexibility index (Phi) is 5.93. The molecule has 34 heavy (non-hydrogen) atoms. The van der Waals surface area contributed by atoms with Crippen molar-refractivity contribution >= 4 is 23.2 Å². The maximum absolute atomic E-state index is 13.2. The van der Waals surface area contributed by atoms with Gasteiger partial charge in [0.15, 0.2) is 5.69 Å². The van der Waals surface area contributed by atoms with Crippen molar-refractivity contribution in [2.75, 3.05) is 13.1 Å². The van der Waals surface area contributed by atoms with Crippen molar-refractivity contribution in [2.45, 2.75) is 32.2 Å². The number of thiazole rings is 1. The summed E-state index contributed by atoms with van der Waals surface area (Å²) in [5, 5.41) is 17.2. The van der Waals surface area contributed by atoms with Gasteiger partial charge in [0.2, 0.25) is 5.89 Å². The molecule has 0 saturated carbocycles. The Morgan fingerprint density at radius 2 is 2.09 bits per heavy atom. The van der Waals surface area contributed by atoms with Crippen LogP contribution in [0, 0.1) is 6.92 Å². The van der Waals surface area contributed by atoms with Crippen LogP contribution in [0.2, 0.25) is 0 Å². The van der Waals surface area contributed by atoms with Gasteiger partial charge in [-0.15, -0.1) is 16.4 Å². The Bertz CT molecular complexity index is 1330. The first-order valence-electron chi connectivity index (χ1n) is 10.9. The van der Waals surface area contributed by atoms with Crippen LogP contribution in [-0.4, -0.2) is 59.9 Å². The van der Waals surface area contributed by atoms with E-state index in [9.17, 15) is 9.59 Å². The lowest BCUT2D eigenvalue weighted by Gasteiger charge is -2.32. The van der Waals surface area contributed by atoms with E-state index in [0.717, 1.165) is 43.5 Å². The van der Waals surface area contributed by atoms with Crippen LogP contribution in [0.1, 0.15) is 56.1 Å². The molecule has 10 nitrogen and oxygen atoms in total. The molecule has 174 valence electrons. The Morgan fingerprint density at radius 1 is 1.26 bits per heavy atom. The summed E-state index contributed by atoms with van der Waals surface area (Å²) in [6.45, 7) is 3.63. The number of aryl methyl sites for hydroxylation is 1. The summed E-state index contributed by atoms with van der Waals surface area (Å²) < 4.78 is 6.67. The van der Waals surface area contributed by atoms with Crippen LogP contribution < -0.4 is 0 Å². The van der Waals surface area contributed by atoms with E-state index in [1.165, 1.54) is 9.56 Å². The Balaban J connectivity index is 1.25. The molecule has 0 aliphatic carbocycles. The SMILES string of the molecule is Cc1ncsc1C1CCN(C(=O)c2cccc(-c3cn(Cc4nc(C(=O)O)co4)nn3)c2)CC1. The van der Waals surface area contributed by atoms with Gasteiger partial charge in [-0.3, -0.25) is 4.79 Å². The highest BCUT2D eigenvalue weighted by atomic mass is 32.1. The summed E-state index contributed by atoms with van der Waals surface area (Å²) in [4.78, 5) is 35.6. The lowest BCUT2D eigenvalue weighted by Crippen LogP contribution is -2.37. The van der Waals surface area contributed by atoms with E-state index >= 15 is 0 Å². The van der Waals surface area contributed by atoms with Gasteiger partial charge in [0.1, 0.15) is 18.5 Å². The maximum Gasteiger partial charge on any atom is 0.357 e. The highest BCUT2D eigenvalue weighted by molar-refractivity contribution is 7.09. The van der Waals surface area contributed by atoms with Crippen LogP contribution in [0.15, 0.2) is 46.7 Å². The fourth-order valence-electron chi connectivity index (χ4n) is 4.17. The fourth-order valence-corrected chi connectivity index (χ4v) is 5.15. The van der Waals surface area contributed by atoms with Crippen molar-refractivity contribution in [1.29, 1.82) is 0 Å². The molecule has 0 radical (unpaired) electrons. The van der Waals surface area contributed by atoms with Crippen LogP contribution >= 0.6 is 11.3 Å². The van der Waals surface area contributed by atoms with E-state index in [1.54, 1.807) is 17.5 Å². The van der Waals surface area contributed by atoms with Gasteiger partial charge in [-0.05, 0) is 37.8 Å². The molecule has 4 aromatic rings. The van der Waals surface area contributed by atoms with Gasteiger partial charge in [0, 0.05) is 29.1 Å². The zero-order chi connectivity index (χ0) is 23.7. The normalized spacial score (nSPS) is 14.4. The van der Waals surface area contributed by atoms with Crippen LogP contribution in [0.5, 0.6) is 0 Å². The van der Waals surface area contributed by atoms with E-state index in [-0.39, 0.29) is 24.0 Å². The first kappa shape index (κ1) is 22.0. The van der Waals surface area contributed by atoms with Gasteiger partial charge in [-0.2, -0.15) is 0 Å². The number of carbonyl (C=O) groups excluding carboxylic acids is 1. The highest BCUT2D eigenvalue weighted by Gasteiger charge is 2.26. The van der Waals surface area contributed by atoms with Crippen molar-refractivity contribution < 1.29 is 19.1 Å². The molecule has 1 fully saturated rings. The molecule has 0 spiro atoms. The number of amides is 1. The molecule has 1 amide bonds. The number of hydrogen-bond donors (Lipinski definition) is 1. The number of carboxylic acid groups (broad SMARTS) is 1.